The Morgan fingerprint density at radius 1 is 1.38 bits per heavy atom. The van der Waals surface area contributed by atoms with E-state index in [4.69, 9.17) is 4.74 Å². The highest BCUT2D eigenvalue weighted by molar-refractivity contribution is 7.99. The van der Waals surface area contributed by atoms with E-state index in [1.54, 1.807) is 6.92 Å². The Balaban J connectivity index is 1.78. The van der Waals surface area contributed by atoms with Crippen LogP contribution in [0.5, 0.6) is 0 Å². The Labute approximate surface area is 129 Å². The van der Waals surface area contributed by atoms with Gasteiger partial charge in [0.25, 0.3) is 0 Å². The topological polar surface area (TPSA) is 75.6 Å². The van der Waals surface area contributed by atoms with Gasteiger partial charge in [0.05, 0.1) is 5.60 Å². The van der Waals surface area contributed by atoms with Crippen molar-refractivity contribution in [1.29, 1.82) is 0 Å². The second-order valence-corrected chi connectivity index (χ2v) is 7.88. The van der Waals surface area contributed by atoms with Gasteiger partial charge in [-0.1, -0.05) is 0 Å². The molecule has 0 aromatic rings. The molecule has 0 aromatic carbocycles. The lowest BCUT2D eigenvalue weighted by Gasteiger charge is -2.43. The molecule has 21 heavy (non-hydrogen) atoms. The molecule has 3 rings (SSSR count). The van der Waals surface area contributed by atoms with Crippen molar-refractivity contribution < 1.29 is 19.4 Å². The fraction of sp³-hybridized carbons (Fsp3) is 0.867. The summed E-state index contributed by atoms with van der Waals surface area (Å²) in [6.45, 7) is 2.16. The molecule has 0 aromatic heterocycles. The molecule has 0 bridgehead atoms. The summed E-state index contributed by atoms with van der Waals surface area (Å²) in [5.74, 6) is 0.508. The van der Waals surface area contributed by atoms with Gasteiger partial charge >= 0.3 is 5.97 Å². The summed E-state index contributed by atoms with van der Waals surface area (Å²) < 4.78 is 5.96. The fourth-order valence-electron chi connectivity index (χ4n) is 3.40. The Kier molecular flexibility index (Phi) is 3.94. The van der Waals surface area contributed by atoms with Gasteiger partial charge in [0.2, 0.25) is 5.91 Å². The van der Waals surface area contributed by atoms with Crippen molar-refractivity contribution in [3.63, 3.8) is 0 Å². The van der Waals surface area contributed by atoms with Crippen LogP contribution < -0.4 is 5.32 Å². The first-order chi connectivity index (χ1) is 9.96. The first kappa shape index (κ1) is 15.2. The lowest BCUT2D eigenvalue weighted by Crippen LogP contribution is -2.54. The van der Waals surface area contributed by atoms with E-state index in [-0.39, 0.29) is 23.5 Å². The molecule has 1 aliphatic carbocycles. The number of thioether (sulfide) groups is 1. The molecule has 6 heteroatoms. The van der Waals surface area contributed by atoms with E-state index in [2.05, 4.69) is 5.32 Å². The van der Waals surface area contributed by atoms with Crippen molar-refractivity contribution in [2.75, 3.05) is 18.1 Å². The maximum Gasteiger partial charge on any atom is 0.319 e. The lowest BCUT2D eigenvalue weighted by atomic mass is 9.68. The van der Waals surface area contributed by atoms with Gasteiger partial charge in [-0.3, -0.25) is 9.59 Å². The van der Waals surface area contributed by atoms with Crippen molar-refractivity contribution in [1.82, 2.24) is 5.32 Å². The molecule has 0 radical (unpaired) electrons. The van der Waals surface area contributed by atoms with E-state index < -0.39 is 11.4 Å². The number of carboxylic acid groups (broad SMARTS) is 1. The van der Waals surface area contributed by atoms with E-state index in [9.17, 15) is 14.7 Å². The van der Waals surface area contributed by atoms with Crippen LogP contribution >= 0.6 is 11.8 Å². The van der Waals surface area contributed by atoms with E-state index in [0.717, 1.165) is 30.8 Å². The minimum Gasteiger partial charge on any atom is -0.480 e. The minimum absolute atomic E-state index is 0.152. The molecule has 1 saturated carbocycles. The third-order valence-electron chi connectivity index (χ3n) is 5.21. The summed E-state index contributed by atoms with van der Waals surface area (Å²) in [7, 11) is 0. The van der Waals surface area contributed by atoms with Gasteiger partial charge in [0.1, 0.15) is 5.41 Å². The first-order valence-corrected chi connectivity index (χ1v) is 8.88. The summed E-state index contributed by atoms with van der Waals surface area (Å²) in [6.07, 6.45) is 4.23. The average molecular weight is 313 g/mol. The standard InChI is InChI=1S/C15H23NO4S/c1-14(13(18)19,12(17)16-11-2-3-11)10-4-6-20-15(8-10)5-7-21-9-15/h10-11H,2-9H2,1H3,(H,16,17)(H,18,19). The number of aliphatic carboxylic acids is 1. The third kappa shape index (κ3) is 2.80. The van der Waals surface area contributed by atoms with Crippen molar-refractivity contribution in [2.24, 2.45) is 11.3 Å². The van der Waals surface area contributed by atoms with Crippen LogP contribution in [-0.2, 0) is 14.3 Å². The van der Waals surface area contributed by atoms with E-state index in [1.807, 2.05) is 11.8 Å². The third-order valence-corrected chi connectivity index (χ3v) is 6.43. The van der Waals surface area contributed by atoms with E-state index in [1.165, 1.54) is 0 Å². The molecule has 2 aliphatic heterocycles. The van der Waals surface area contributed by atoms with Crippen LogP contribution in [0, 0.1) is 11.3 Å². The van der Waals surface area contributed by atoms with Gasteiger partial charge in [-0.05, 0) is 50.7 Å². The van der Waals surface area contributed by atoms with Crippen LogP contribution in [-0.4, -0.2) is 46.7 Å². The number of hydrogen-bond donors (Lipinski definition) is 2. The fourth-order valence-corrected chi connectivity index (χ4v) is 4.78. The monoisotopic (exact) mass is 313 g/mol. The normalized spacial score (nSPS) is 35.4. The van der Waals surface area contributed by atoms with Gasteiger partial charge in [-0.15, -0.1) is 0 Å². The summed E-state index contributed by atoms with van der Waals surface area (Å²) in [5, 5.41) is 12.6. The number of rotatable bonds is 4. The van der Waals surface area contributed by atoms with Crippen molar-refractivity contribution in [2.45, 2.75) is 50.7 Å². The number of hydrogen-bond acceptors (Lipinski definition) is 4. The average Bonchev–Trinajstić information content (AvgIpc) is 3.17. The maximum atomic E-state index is 12.5. The van der Waals surface area contributed by atoms with E-state index >= 15 is 0 Å². The van der Waals surface area contributed by atoms with Crippen molar-refractivity contribution >= 4 is 23.6 Å². The highest BCUT2D eigenvalue weighted by Crippen LogP contribution is 2.46. The van der Waals surface area contributed by atoms with Gasteiger partial charge in [0.15, 0.2) is 0 Å². The molecule has 3 atom stereocenters. The second-order valence-electron chi connectivity index (χ2n) is 6.78. The zero-order valence-corrected chi connectivity index (χ0v) is 13.2. The molecule has 3 unspecified atom stereocenters. The predicted octanol–water partition coefficient (Wildman–Crippen LogP) is 1.66. The molecule has 2 heterocycles. The summed E-state index contributed by atoms with van der Waals surface area (Å²) >= 11 is 1.86. The second kappa shape index (κ2) is 5.47. The van der Waals surface area contributed by atoms with Crippen LogP contribution in [0.2, 0.25) is 0 Å². The molecule has 3 aliphatic rings. The molecule has 1 amide bonds. The zero-order chi connectivity index (χ0) is 15.1. The molecule has 2 saturated heterocycles. The number of amides is 1. The van der Waals surface area contributed by atoms with Gasteiger partial charge in [-0.2, -0.15) is 11.8 Å². The van der Waals surface area contributed by atoms with Gasteiger partial charge < -0.3 is 15.2 Å². The molecule has 5 nitrogen and oxygen atoms in total. The molecule has 2 N–H and O–H groups in total. The Hall–Kier alpha value is -0.750. The molecular formula is C15H23NO4S. The number of carbonyl (C=O) groups excluding carboxylic acids is 1. The Morgan fingerprint density at radius 3 is 2.71 bits per heavy atom. The van der Waals surface area contributed by atoms with Gasteiger partial charge in [0, 0.05) is 18.4 Å². The number of ether oxygens (including phenoxy) is 1. The molecule has 1 spiro atoms. The van der Waals surface area contributed by atoms with Crippen molar-refractivity contribution in [3.8, 4) is 0 Å². The number of carbonyl (C=O) groups is 2. The van der Waals surface area contributed by atoms with Crippen LogP contribution in [0.15, 0.2) is 0 Å². The molecular weight excluding hydrogens is 290 g/mol. The van der Waals surface area contributed by atoms with Crippen LogP contribution in [0.1, 0.15) is 39.0 Å². The Bertz CT molecular complexity index is 445. The Morgan fingerprint density at radius 2 is 2.14 bits per heavy atom. The van der Waals surface area contributed by atoms with Crippen LogP contribution in [0.3, 0.4) is 0 Å². The number of carboxylic acids is 1. The zero-order valence-electron chi connectivity index (χ0n) is 12.4. The smallest absolute Gasteiger partial charge is 0.319 e. The molecule has 118 valence electrons. The minimum atomic E-state index is -1.34. The highest BCUT2D eigenvalue weighted by Gasteiger charge is 2.54. The SMILES string of the molecule is CC(C(=O)O)(C(=O)NC1CC1)C1CCOC2(CCSC2)C1. The first-order valence-electron chi connectivity index (χ1n) is 7.72. The largest absolute Gasteiger partial charge is 0.480 e. The van der Waals surface area contributed by atoms with Crippen LogP contribution in [0.4, 0.5) is 0 Å². The maximum absolute atomic E-state index is 12.5. The number of nitrogens with one attached hydrogen (secondary N) is 1. The van der Waals surface area contributed by atoms with E-state index in [0.29, 0.717) is 19.4 Å². The summed E-state index contributed by atoms with van der Waals surface area (Å²) in [5.41, 5.74) is -1.54. The lowest BCUT2D eigenvalue weighted by molar-refractivity contribution is -0.166. The summed E-state index contributed by atoms with van der Waals surface area (Å²) in [6, 6.07) is 0.187. The van der Waals surface area contributed by atoms with Crippen molar-refractivity contribution in [3.05, 3.63) is 0 Å². The highest BCUT2D eigenvalue weighted by atomic mass is 32.2. The molecule has 3 fully saturated rings. The quantitative estimate of drug-likeness (QED) is 0.772. The van der Waals surface area contributed by atoms with Crippen LogP contribution in [0.25, 0.3) is 0 Å². The summed E-state index contributed by atoms with van der Waals surface area (Å²) in [4.78, 5) is 24.4. The van der Waals surface area contributed by atoms with Gasteiger partial charge in [-0.25, -0.2) is 0 Å². The predicted molar refractivity (Wildman–Crippen MR) is 80.3 cm³/mol.